The van der Waals surface area contributed by atoms with Gasteiger partial charge < -0.3 is 25.0 Å². The molecule has 0 aliphatic rings. The molecular weight excluding hydrogens is 390 g/mol. The Kier molecular flexibility index (Phi) is 8.82. The van der Waals surface area contributed by atoms with Gasteiger partial charge in [0, 0.05) is 25.1 Å². The van der Waals surface area contributed by atoms with Crippen LogP contribution in [0.2, 0.25) is 0 Å². The Hall–Kier alpha value is -2.91. The third-order valence-electron chi connectivity index (χ3n) is 4.69. The van der Waals surface area contributed by atoms with Gasteiger partial charge in [-0.25, -0.2) is 4.39 Å². The van der Waals surface area contributed by atoms with Crippen LogP contribution in [0.1, 0.15) is 29.3 Å². The van der Waals surface area contributed by atoms with Crippen molar-refractivity contribution in [3.8, 4) is 5.75 Å². The van der Waals surface area contributed by atoms with Crippen molar-refractivity contribution in [2.45, 2.75) is 25.7 Å². The molecule has 1 atom stereocenters. The van der Waals surface area contributed by atoms with Gasteiger partial charge in [0.05, 0.1) is 13.1 Å². The lowest BCUT2D eigenvalue weighted by Crippen LogP contribution is -2.48. The monoisotopic (exact) mass is 416 g/mol. The van der Waals surface area contributed by atoms with Crippen LogP contribution in [0.3, 0.4) is 0 Å². The molecule has 0 bridgehead atoms. The Morgan fingerprint density at radius 3 is 2.30 bits per heavy atom. The van der Waals surface area contributed by atoms with Crippen LogP contribution >= 0.6 is 0 Å². The third kappa shape index (κ3) is 6.86. The predicted molar refractivity (Wildman–Crippen MR) is 111 cm³/mol. The van der Waals surface area contributed by atoms with Crippen LogP contribution in [0, 0.1) is 5.82 Å². The van der Waals surface area contributed by atoms with Crippen LogP contribution in [0.5, 0.6) is 5.75 Å². The first-order chi connectivity index (χ1) is 14.3. The Morgan fingerprint density at radius 1 is 1.13 bits per heavy atom. The molecule has 0 unspecified atom stereocenters. The van der Waals surface area contributed by atoms with Crippen molar-refractivity contribution in [1.29, 1.82) is 0 Å². The van der Waals surface area contributed by atoms with Crippen molar-refractivity contribution >= 4 is 18.9 Å². The minimum Gasteiger partial charge on any atom is -0.497 e. The second kappa shape index (κ2) is 11.3. The summed E-state index contributed by atoms with van der Waals surface area (Å²) in [6.45, 7) is 2.41. The van der Waals surface area contributed by atoms with Gasteiger partial charge in [0.1, 0.15) is 11.6 Å². The average molecular weight is 416 g/mol. The Morgan fingerprint density at radius 2 is 1.77 bits per heavy atom. The fraction of sp³-hybridized carbons (Fsp3) is 0.333. The number of nitrogens with zero attached hydrogens (tertiary/aromatic N) is 1. The number of amides is 2. The van der Waals surface area contributed by atoms with E-state index >= 15 is 0 Å². The number of hydrogen-bond donors (Lipinski definition) is 3. The molecule has 0 fully saturated rings. The quantitative estimate of drug-likeness (QED) is 0.509. The van der Waals surface area contributed by atoms with E-state index < -0.39 is 24.8 Å². The zero-order valence-corrected chi connectivity index (χ0v) is 17.0. The lowest BCUT2D eigenvalue weighted by Gasteiger charge is -2.22. The normalized spacial score (nSPS) is 11.5. The minimum absolute atomic E-state index is 0.00235. The van der Waals surface area contributed by atoms with Gasteiger partial charge in [-0.05, 0) is 55.3 Å². The fourth-order valence-electron chi connectivity index (χ4n) is 2.94. The van der Waals surface area contributed by atoms with E-state index in [1.807, 2.05) is 6.92 Å². The zero-order chi connectivity index (χ0) is 22.1. The molecule has 0 radical (unpaired) electrons. The number of carbonyl (C=O) groups is 2. The second-order valence-electron chi connectivity index (χ2n) is 6.78. The molecule has 0 spiro atoms. The van der Waals surface area contributed by atoms with Crippen LogP contribution in [0.4, 0.5) is 4.39 Å². The van der Waals surface area contributed by atoms with E-state index in [1.165, 1.54) is 29.2 Å². The van der Waals surface area contributed by atoms with Gasteiger partial charge in [-0.3, -0.25) is 9.59 Å². The van der Waals surface area contributed by atoms with E-state index in [1.54, 1.807) is 31.4 Å². The Bertz CT molecular complexity index is 830. The fourth-order valence-corrected chi connectivity index (χ4v) is 2.94. The highest BCUT2D eigenvalue weighted by atomic mass is 19.1. The first-order valence-electron chi connectivity index (χ1n) is 9.67. The SMILES string of the molecule is CCN(CCC(=O)N[C@@H](Cc1ccc(F)cc1)B(O)O)C(=O)c1ccc(OC)cc1. The standard InChI is InChI=1S/C21H26BFN2O5/c1-3-25(21(27)16-6-10-18(30-2)11-7-16)13-12-20(26)24-19(22(28)29)14-15-4-8-17(23)9-5-15/h4-11,19,28-29H,3,12-14H2,1-2H3,(H,24,26)/t19-/m0/s1. The lowest BCUT2D eigenvalue weighted by molar-refractivity contribution is -0.121. The summed E-state index contributed by atoms with van der Waals surface area (Å²) in [4.78, 5) is 26.5. The topological polar surface area (TPSA) is 99.1 Å². The zero-order valence-electron chi connectivity index (χ0n) is 17.0. The van der Waals surface area contributed by atoms with E-state index in [0.29, 0.717) is 23.4 Å². The number of rotatable bonds is 10. The van der Waals surface area contributed by atoms with Crippen molar-refractivity contribution < 1.29 is 28.8 Å². The molecular formula is C21H26BFN2O5. The van der Waals surface area contributed by atoms with E-state index in [-0.39, 0.29) is 25.3 Å². The van der Waals surface area contributed by atoms with Crippen LogP contribution in [0.15, 0.2) is 48.5 Å². The Labute approximate surface area is 175 Å². The van der Waals surface area contributed by atoms with Crippen molar-refractivity contribution in [3.05, 3.63) is 65.5 Å². The molecule has 0 heterocycles. The lowest BCUT2D eigenvalue weighted by atomic mass is 9.76. The van der Waals surface area contributed by atoms with E-state index in [4.69, 9.17) is 4.74 Å². The number of halogens is 1. The molecule has 3 N–H and O–H groups in total. The maximum Gasteiger partial charge on any atom is 0.475 e. The minimum atomic E-state index is -1.78. The first-order valence-corrected chi connectivity index (χ1v) is 9.67. The van der Waals surface area contributed by atoms with Gasteiger partial charge in [-0.2, -0.15) is 0 Å². The molecule has 2 amide bonds. The number of nitrogens with one attached hydrogen (secondary N) is 1. The number of ether oxygens (including phenoxy) is 1. The van der Waals surface area contributed by atoms with Crippen LogP contribution in [0.25, 0.3) is 0 Å². The summed E-state index contributed by atoms with van der Waals surface area (Å²) in [5, 5.41) is 21.7. The molecule has 0 saturated carbocycles. The summed E-state index contributed by atoms with van der Waals surface area (Å²) in [5.41, 5.74) is 1.14. The van der Waals surface area contributed by atoms with Crippen LogP contribution < -0.4 is 10.1 Å². The number of hydrogen-bond acceptors (Lipinski definition) is 5. The highest BCUT2D eigenvalue weighted by molar-refractivity contribution is 6.43. The molecule has 0 aliphatic carbocycles. The molecule has 0 aliphatic heterocycles. The number of carbonyl (C=O) groups excluding carboxylic acids is 2. The van der Waals surface area contributed by atoms with Crippen molar-refractivity contribution in [3.63, 3.8) is 0 Å². The third-order valence-corrected chi connectivity index (χ3v) is 4.69. The van der Waals surface area contributed by atoms with E-state index in [0.717, 1.165) is 0 Å². The van der Waals surface area contributed by atoms with Gasteiger partial charge >= 0.3 is 7.12 Å². The highest BCUT2D eigenvalue weighted by Gasteiger charge is 2.26. The predicted octanol–water partition coefficient (Wildman–Crippen LogP) is 1.43. The summed E-state index contributed by atoms with van der Waals surface area (Å²) in [7, 11) is -0.234. The number of methoxy groups -OCH3 is 1. The van der Waals surface area contributed by atoms with Crippen LogP contribution in [-0.2, 0) is 11.2 Å². The maximum atomic E-state index is 13.0. The van der Waals surface area contributed by atoms with E-state index in [2.05, 4.69) is 5.32 Å². The number of benzene rings is 2. The summed E-state index contributed by atoms with van der Waals surface area (Å²) in [6, 6.07) is 12.3. The molecule has 0 saturated heterocycles. The average Bonchev–Trinajstić information content (AvgIpc) is 2.75. The summed E-state index contributed by atoms with van der Waals surface area (Å²) in [5.74, 6) is -1.33. The smallest absolute Gasteiger partial charge is 0.475 e. The molecule has 2 aromatic rings. The molecule has 2 aromatic carbocycles. The molecule has 30 heavy (non-hydrogen) atoms. The van der Waals surface area contributed by atoms with Gasteiger partial charge in [0.25, 0.3) is 5.91 Å². The maximum absolute atomic E-state index is 13.0. The van der Waals surface area contributed by atoms with Crippen molar-refractivity contribution in [2.75, 3.05) is 20.2 Å². The largest absolute Gasteiger partial charge is 0.497 e. The van der Waals surface area contributed by atoms with Gasteiger partial charge in [0.15, 0.2) is 0 Å². The van der Waals surface area contributed by atoms with Gasteiger partial charge in [-0.1, -0.05) is 12.1 Å². The van der Waals surface area contributed by atoms with Crippen molar-refractivity contribution in [2.24, 2.45) is 0 Å². The van der Waals surface area contributed by atoms with Gasteiger partial charge in [-0.15, -0.1) is 0 Å². The first kappa shape index (κ1) is 23.4. The molecule has 2 rings (SSSR count). The molecule has 0 aromatic heterocycles. The van der Waals surface area contributed by atoms with Crippen molar-refractivity contribution in [1.82, 2.24) is 10.2 Å². The molecule has 160 valence electrons. The van der Waals surface area contributed by atoms with E-state index in [9.17, 15) is 24.0 Å². The second-order valence-corrected chi connectivity index (χ2v) is 6.78. The van der Waals surface area contributed by atoms with Crippen LogP contribution in [-0.4, -0.2) is 60.0 Å². The molecule has 7 nitrogen and oxygen atoms in total. The summed E-state index contributed by atoms with van der Waals surface area (Å²) in [6.07, 6.45) is 0.133. The molecule has 9 heteroatoms. The Balaban J connectivity index is 1.92. The summed E-state index contributed by atoms with van der Waals surface area (Å²) >= 11 is 0. The van der Waals surface area contributed by atoms with Gasteiger partial charge in [0.2, 0.25) is 5.91 Å². The highest BCUT2D eigenvalue weighted by Crippen LogP contribution is 2.13. The summed E-state index contributed by atoms with van der Waals surface area (Å²) < 4.78 is 18.1.